The molecule has 0 amide bonds. The van der Waals surface area contributed by atoms with Gasteiger partial charge >= 0.3 is 0 Å². The molecule has 0 unspecified atom stereocenters. The first-order valence-electron chi connectivity index (χ1n) is 2.94. The van der Waals surface area contributed by atoms with Crippen LogP contribution in [0.25, 0.3) is 0 Å². The molecule has 1 aliphatic rings. The van der Waals surface area contributed by atoms with Crippen molar-refractivity contribution in [1.29, 1.82) is 0 Å². The highest BCUT2D eigenvalue weighted by Gasteiger charge is 2.22. The molecular weight excluding hydrogens is 184 g/mol. The van der Waals surface area contributed by atoms with Crippen LogP contribution in [0.15, 0.2) is 0 Å². The Morgan fingerprint density at radius 3 is 1.50 bits per heavy atom. The third-order valence-corrected chi connectivity index (χ3v) is 6.51. The first kappa shape index (κ1) is 8.93. The van der Waals surface area contributed by atoms with Crippen LogP contribution in [0.2, 0.25) is 0 Å². The van der Waals surface area contributed by atoms with Gasteiger partial charge in [0.2, 0.25) is 0 Å². The van der Waals surface area contributed by atoms with Gasteiger partial charge in [0.05, 0.1) is 0 Å². The van der Waals surface area contributed by atoms with Gasteiger partial charge in [-0.1, -0.05) is 0 Å². The van der Waals surface area contributed by atoms with Crippen molar-refractivity contribution in [2.24, 2.45) is 0 Å². The monoisotopic (exact) mass is 196 g/mol. The van der Waals surface area contributed by atoms with Crippen molar-refractivity contribution in [3.05, 3.63) is 0 Å². The Kier molecular flexibility index (Phi) is 3.12. The van der Waals surface area contributed by atoms with Gasteiger partial charge in [-0.3, -0.25) is 9.80 Å². The van der Waals surface area contributed by atoms with Crippen molar-refractivity contribution in [2.45, 2.75) is 0 Å². The Morgan fingerprint density at radius 2 is 1.40 bits per heavy atom. The second kappa shape index (κ2) is 3.49. The minimum absolute atomic E-state index is 0.438. The van der Waals surface area contributed by atoms with Gasteiger partial charge in [-0.15, -0.1) is 0 Å². The van der Waals surface area contributed by atoms with Crippen molar-refractivity contribution in [2.75, 3.05) is 28.2 Å². The Morgan fingerprint density at radius 1 is 1.00 bits per heavy atom. The molecule has 1 aliphatic heterocycles. The summed E-state index contributed by atoms with van der Waals surface area (Å²) in [5, 5.41) is 1.43. The number of nitrogens with zero attached hydrogens (tertiary/aromatic N) is 2. The smallest absolute Gasteiger partial charge is 0.109 e. The molecule has 0 N–H and O–H groups in total. The van der Waals surface area contributed by atoms with Crippen LogP contribution >= 0.6 is 28.2 Å². The molecule has 1 heterocycles. The number of rotatable bonds is 0. The van der Waals surface area contributed by atoms with Crippen LogP contribution in [-0.2, 0) is 0 Å². The van der Waals surface area contributed by atoms with E-state index in [9.17, 15) is 0 Å². The molecule has 10 heavy (non-hydrogen) atoms. The number of hydrogen-bond acceptors (Lipinski definition) is 2. The Labute approximate surface area is 71.5 Å². The lowest BCUT2D eigenvalue weighted by Crippen LogP contribution is -2.33. The first-order valence-corrected chi connectivity index (χ1v) is 7.35. The summed E-state index contributed by atoms with van der Waals surface area (Å²) in [6, 6.07) is 0. The molecule has 60 valence electrons. The van der Waals surface area contributed by atoms with Crippen LogP contribution < -0.4 is 0 Å². The zero-order valence-electron chi connectivity index (χ0n) is 6.62. The Bertz CT molecular complexity index is 148. The minimum Gasteiger partial charge on any atom is -0.266 e. The molecule has 0 bridgehead atoms. The van der Waals surface area contributed by atoms with Crippen molar-refractivity contribution in [3.8, 4) is 0 Å². The predicted molar refractivity (Wildman–Crippen MR) is 55.2 cm³/mol. The summed E-state index contributed by atoms with van der Waals surface area (Å²) in [6.07, 6.45) is 0. The van der Waals surface area contributed by atoms with Crippen molar-refractivity contribution in [3.63, 3.8) is 0 Å². The van der Waals surface area contributed by atoms with E-state index in [0.29, 0.717) is 8.55 Å². The molecule has 2 nitrogen and oxygen atoms in total. The largest absolute Gasteiger partial charge is 0.266 e. The van der Waals surface area contributed by atoms with Crippen LogP contribution in [0.4, 0.5) is 0 Å². The molecule has 1 fully saturated rings. The maximum atomic E-state index is 2.19. The van der Waals surface area contributed by atoms with E-state index in [4.69, 9.17) is 0 Å². The molecule has 5 heteroatoms. The van der Waals surface area contributed by atoms with E-state index in [2.05, 4.69) is 38.0 Å². The number of hydrogen-bond donors (Lipinski definition) is 0. The van der Waals surface area contributed by atoms with Gasteiger partial charge in [0.25, 0.3) is 0 Å². The average molecular weight is 196 g/mol. The van der Waals surface area contributed by atoms with Crippen molar-refractivity contribution >= 4 is 33.3 Å². The molecule has 0 aromatic heterocycles. The highest BCUT2D eigenvalue weighted by Crippen LogP contribution is 2.73. The predicted octanol–water partition coefficient (Wildman–Crippen LogP) is 1.69. The van der Waals surface area contributed by atoms with Gasteiger partial charge in [-0.05, 0) is 56.4 Å². The fraction of sp³-hybridized carbons (Fsp3) is 0.800. The molecule has 1 saturated heterocycles. The van der Waals surface area contributed by atoms with E-state index in [1.807, 2.05) is 19.7 Å². The van der Waals surface area contributed by atoms with Crippen LogP contribution in [-0.4, -0.2) is 43.1 Å². The van der Waals surface area contributed by atoms with E-state index >= 15 is 0 Å². The molecule has 0 radical (unpaired) electrons. The summed E-state index contributed by atoms with van der Waals surface area (Å²) in [7, 11) is 12.7. The van der Waals surface area contributed by atoms with E-state index in [-0.39, 0.29) is 0 Å². The van der Waals surface area contributed by atoms with Gasteiger partial charge in [-0.2, -0.15) is 0 Å². The molecule has 0 atom stereocenters. The topological polar surface area (TPSA) is 6.48 Å². The van der Waals surface area contributed by atoms with E-state index in [1.54, 1.807) is 0 Å². The lowest BCUT2D eigenvalue weighted by atomic mass is 10.8. The third kappa shape index (κ3) is 2.17. The molecule has 0 aromatic rings. The molecule has 0 spiro atoms. The molecular formula is C5H12N2S3. The molecule has 0 aliphatic carbocycles. The van der Waals surface area contributed by atoms with E-state index in [1.165, 1.54) is 5.11 Å². The Hall–Kier alpha value is 0.840. The lowest BCUT2D eigenvalue weighted by molar-refractivity contribution is 0.501. The lowest BCUT2D eigenvalue weighted by Gasteiger charge is -2.19. The maximum Gasteiger partial charge on any atom is 0.109 e. The van der Waals surface area contributed by atoms with Crippen molar-refractivity contribution < 1.29 is 0 Å². The van der Waals surface area contributed by atoms with Gasteiger partial charge in [-0.25, -0.2) is 0 Å². The SMILES string of the molecule is CN(C)C(N(C)C)=S1SS1. The average Bonchev–Trinajstić information content (AvgIpc) is 2.46. The summed E-state index contributed by atoms with van der Waals surface area (Å²) >= 11 is 0. The Balaban J connectivity index is 2.70. The van der Waals surface area contributed by atoms with Crippen LogP contribution in [0, 0.1) is 0 Å². The summed E-state index contributed by atoms with van der Waals surface area (Å²) in [4.78, 5) is 4.38. The van der Waals surface area contributed by atoms with Gasteiger partial charge in [0.15, 0.2) is 0 Å². The zero-order valence-corrected chi connectivity index (χ0v) is 9.07. The minimum atomic E-state index is 0.438. The van der Waals surface area contributed by atoms with E-state index in [0.717, 1.165) is 0 Å². The van der Waals surface area contributed by atoms with Crippen molar-refractivity contribution in [1.82, 2.24) is 9.80 Å². The second-order valence-corrected chi connectivity index (χ2v) is 9.45. The quantitative estimate of drug-likeness (QED) is 0.330. The standard InChI is InChI=1S/C5H12N2S3/c1-6(2)5(7(3)4)10-8-9-10/h1-4H3. The zero-order chi connectivity index (χ0) is 7.72. The van der Waals surface area contributed by atoms with Gasteiger partial charge in [0, 0.05) is 0 Å². The van der Waals surface area contributed by atoms with Gasteiger partial charge < -0.3 is 0 Å². The fourth-order valence-corrected chi connectivity index (χ4v) is 5.85. The fourth-order valence-electron chi connectivity index (χ4n) is 0.773. The highest BCUT2D eigenvalue weighted by molar-refractivity contribution is 9.63. The summed E-state index contributed by atoms with van der Waals surface area (Å²) in [5.74, 6) is 0. The second-order valence-electron chi connectivity index (χ2n) is 2.44. The first-order chi connectivity index (χ1) is 4.63. The molecule has 0 saturated carbocycles. The summed E-state index contributed by atoms with van der Waals surface area (Å²) in [5.41, 5.74) is 0. The normalized spacial score (nSPS) is 18.6. The molecule has 0 aromatic carbocycles. The van der Waals surface area contributed by atoms with Crippen LogP contribution in [0.5, 0.6) is 0 Å². The van der Waals surface area contributed by atoms with Crippen LogP contribution in [0.1, 0.15) is 0 Å². The highest BCUT2D eigenvalue weighted by atomic mass is 34.1. The molecule has 1 rings (SSSR count). The third-order valence-electron chi connectivity index (χ3n) is 1.05. The summed E-state index contributed by atoms with van der Waals surface area (Å²) in [6.45, 7) is 0. The van der Waals surface area contributed by atoms with Crippen LogP contribution in [0.3, 0.4) is 0 Å². The maximum absolute atomic E-state index is 2.19. The van der Waals surface area contributed by atoms with E-state index < -0.39 is 0 Å². The summed E-state index contributed by atoms with van der Waals surface area (Å²) < 4.78 is 0. The van der Waals surface area contributed by atoms with Gasteiger partial charge in [0.1, 0.15) is 5.11 Å².